The van der Waals surface area contributed by atoms with Gasteiger partial charge in [-0.15, -0.1) is 0 Å². The Kier molecular flexibility index (Phi) is 5.49. The molecule has 1 aromatic carbocycles. The van der Waals surface area contributed by atoms with Crippen LogP contribution < -0.4 is 15.4 Å². The molecule has 0 saturated heterocycles. The molecular weight excluding hydrogens is 216 g/mol. The molecule has 1 rings (SSSR count). The van der Waals surface area contributed by atoms with Crippen molar-refractivity contribution in [3.05, 3.63) is 29.8 Å². The lowest BCUT2D eigenvalue weighted by atomic mass is 10.1. The average Bonchev–Trinajstić information content (AvgIpc) is 2.36. The van der Waals surface area contributed by atoms with Crippen LogP contribution in [0.3, 0.4) is 0 Å². The molecule has 94 valence electrons. The van der Waals surface area contributed by atoms with Crippen LogP contribution in [0.5, 0.6) is 5.75 Å². The van der Waals surface area contributed by atoms with Crippen LogP contribution in [0.2, 0.25) is 0 Å². The minimum absolute atomic E-state index is 0.0225. The highest BCUT2D eigenvalue weighted by atomic mass is 16.5. The highest BCUT2D eigenvalue weighted by Gasteiger charge is 2.11. The molecule has 4 nitrogen and oxygen atoms in total. The van der Waals surface area contributed by atoms with E-state index < -0.39 is 0 Å². The van der Waals surface area contributed by atoms with Crippen molar-refractivity contribution in [3.8, 4) is 5.75 Å². The zero-order valence-electron chi connectivity index (χ0n) is 10.6. The van der Waals surface area contributed by atoms with Gasteiger partial charge in [0.2, 0.25) is 5.91 Å². The number of nitrogens with one attached hydrogen (secondary N) is 2. The molecule has 0 fully saturated rings. The van der Waals surface area contributed by atoms with Gasteiger partial charge in [-0.05, 0) is 19.9 Å². The van der Waals surface area contributed by atoms with Gasteiger partial charge in [-0.1, -0.05) is 18.2 Å². The molecule has 17 heavy (non-hydrogen) atoms. The van der Waals surface area contributed by atoms with Crippen molar-refractivity contribution in [2.75, 3.05) is 20.2 Å². The number of likely N-dealkylation sites (N-methyl/N-ethyl adjacent to an activating group) is 1. The minimum atomic E-state index is -0.0225. The fourth-order valence-corrected chi connectivity index (χ4v) is 1.57. The molecule has 1 amide bonds. The van der Waals surface area contributed by atoms with Gasteiger partial charge in [-0.3, -0.25) is 4.79 Å². The maximum Gasteiger partial charge on any atom is 0.233 e. The molecule has 4 heteroatoms. The molecule has 0 aromatic heterocycles. The topological polar surface area (TPSA) is 50.4 Å². The Bertz CT molecular complexity index is 366. The quantitative estimate of drug-likeness (QED) is 0.786. The number of hydrogen-bond acceptors (Lipinski definition) is 3. The fourth-order valence-electron chi connectivity index (χ4n) is 1.57. The number of para-hydroxylation sites is 1. The Labute approximate surface area is 102 Å². The summed E-state index contributed by atoms with van der Waals surface area (Å²) in [5.74, 6) is 0.845. The molecule has 0 aliphatic rings. The van der Waals surface area contributed by atoms with E-state index in [1.165, 1.54) is 0 Å². The van der Waals surface area contributed by atoms with E-state index in [0.717, 1.165) is 11.3 Å². The number of benzene rings is 1. The van der Waals surface area contributed by atoms with E-state index in [9.17, 15) is 4.79 Å². The molecule has 1 atom stereocenters. The van der Waals surface area contributed by atoms with Crippen molar-refractivity contribution in [2.24, 2.45) is 0 Å². The maximum atomic E-state index is 11.2. The molecule has 0 bridgehead atoms. The fraction of sp³-hybridized carbons (Fsp3) is 0.462. The van der Waals surface area contributed by atoms with Crippen LogP contribution in [0.15, 0.2) is 24.3 Å². The minimum Gasteiger partial charge on any atom is -0.494 e. The van der Waals surface area contributed by atoms with E-state index in [-0.39, 0.29) is 11.9 Å². The third kappa shape index (κ3) is 4.07. The predicted molar refractivity (Wildman–Crippen MR) is 68.1 cm³/mol. The number of hydrogen-bond donors (Lipinski definition) is 2. The highest BCUT2D eigenvalue weighted by Crippen LogP contribution is 2.24. The van der Waals surface area contributed by atoms with E-state index >= 15 is 0 Å². The van der Waals surface area contributed by atoms with Gasteiger partial charge in [0.1, 0.15) is 5.75 Å². The highest BCUT2D eigenvalue weighted by molar-refractivity contribution is 5.77. The molecule has 1 unspecified atom stereocenters. The molecule has 0 aliphatic carbocycles. The van der Waals surface area contributed by atoms with Crippen LogP contribution in [-0.2, 0) is 4.79 Å². The molecule has 0 radical (unpaired) electrons. The summed E-state index contributed by atoms with van der Waals surface area (Å²) in [5.41, 5.74) is 1.07. The monoisotopic (exact) mass is 236 g/mol. The summed E-state index contributed by atoms with van der Waals surface area (Å²) in [6, 6.07) is 7.94. The first-order chi connectivity index (χ1) is 8.19. The molecule has 1 aromatic rings. The van der Waals surface area contributed by atoms with Crippen LogP contribution in [-0.4, -0.2) is 26.1 Å². The first-order valence-electron chi connectivity index (χ1n) is 5.84. The van der Waals surface area contributed by atoms with Crippen molar-refractivity contribution in [1.82, 2.24) is 10.6 Å². The third-order valence-corrected chi connectivity index (χ3v) is 2.53. The normalized spacial score (nSPS) is 11.9. The van der Waals surface area contributed by atoms with Crippen molar-refractivity contribution in [2.45, 2.75) is 19.9 Å². The summed E-state index contributed by atoms with van der Waals surface area (Å²) in [6.07, 6.45) is 0. The predicted octanol–water partition coefficient (Wildman–Crippen LogP) is 1.48. The first-order valence-corrected chi connectivity index (χ1v) is 5.84. The van der Waals surface area contributed by atoms with Crippen LogP contribution >= 0.6 is 0 Å². The second kappa shape index (κ2) is 6.91. The first kappa shape index (κ1) is 13.5. The maximum absolute atomic E-state index is 11.2. The summed E-state index contributed by atoms with van der Waals surface area (Å²) >= 11 is 0. The Morgan fingerprint density at radius 2 is 2.12 bits per heavy atom. The van der Waals surface area contributed by atoms with Crippen LogP contribution in [0.4, 0.5) is 0 Å². The molecule has 2 N–H and O–H groups in total. The lowest BCUT2D eigenvalue weighted by Gasteiger charge is -2.17. The van der Waals surface area contributed by atoms with Gasteiger partial charge in [0.05, 0.1) is 13.2 Å². The zero-order chi connectivity index (χ0) is 12.7. The van der Waals surface area contributed by atoms with E-state index in [1.807, 2.05) is 38.1 Å². The van der Waals surface area contributed by atoms with E-state index in [1.54, 1.807) is 7.05 Å². The van der Waals surface area contributed by atoms with Gasteiger partial charge < -0.3 is 15.4 Å². The summed E-state index contributed by atoms with van der Waals surface area (Å²) in [6.45, 7) is 4.91. The second-order valence-corrected chi connectivity index (χ2v) is 3.75. The van der Waals surface area contributed by atoms with E-state index in [2.05, 4.69) is 10.6 Å². The Hall–Kier alpha value is -1.55. The average molecular weight is 236 g/mol. The van der Waals surface area contributed by atoms with Gasteiger partial charge in [-0.25, -0.2) is 0 Å². The lowest BCUT2D eigenvalue weighted by molar-refractivity contribution is -0.119. The van der Waals surface area contributed by atoms with Crippen molar-refractivity contribution in [3.63, 3.8) is 0 Å². The molecule has 0 saturated carbocycles. The number of ether oxygens (including phenoxy) is 1. The molecule has 0 heterocycles. The largest absolute Gasteiger partial charge is 0.494 e. The number of rotatable bonds is 6. The third-order valence-electron chi connectivity index (χ3n) is 2.53. The Morgan fingerprint density at radius 3 is 2.76 bits per heavy atom. The van der Waals surface area contributed by atoms with E-state index in [0.29, 0.717) is 13.2 Å². The smallest absolute Gasteiger partial charge is 0.233 e. The van der Waals surface area contributed by atoms with Gasteiger partial charge in [0, 0.05) is 18.7 Å². The molecule has 0 aliphatic heterocycles. The van der Waals surface area contributed by atoms with Crippen LogP contribution in [0.1, 0.15) is 25.5 Å². The Balaban J connectivity index is 2.67. The number of amides is 1. The Morgan fingerprint density at radius 1 is 1.41 bits per heavy atom. The van der Waals surface area contributed by atoms with E-state index in [4.69, 9.17) is 4.74 Å². The summed E-state index contributed by atoms with van der Waals surface area (Å²) in [4.78, 5) is 11.2. The standard InChI is InChI=1S/C13H20N2O2/c1-4-17-12-8-6-5-7-11(12)10(2)15-9-13(16)14-3/h5-8,10,15H,4,9H2,1-3H3,(H,14,16). The van der Waals surface area contributed by atoms with Gasteiger partial charge >= 0.3 is 0 Å². The summed E-state index contributed by atoms with van der Waals surface area (Å²) in [5, 5.41) is 5.74. The van der Waals surface area contributed by atoms with Crippen molar-refractivity contribution in [1.29, 1.82) is 0 Å². The summed E-state index contributed by atoms with van der Waals surface area (Å²) < 4.78 is 5.55. The van der Waals surface area contributed by atoms with Crippen LogP contribution in [0.25, 0.3) is 0 Å². The lowest BCUT2D eigenvalue weighted by Crippen LogP contribution is -2.33. The molecular formula is C13H20N2O2. The van der Waals surface area contributed by atoms with Gasteiger partial charge in [-0.2, -0.15) is 0 Å². The number of carbonyl (C=O) groups excluding carboxylic acids is 1. The SMILES string of the molecule is CCOc1ccccc1C(C)NCC(=O)NC. The van der Waals surface area contributed by atoms with Crippen molar-refractivity contribution < 1.29 is 9.53 Å². The molecule has 0 spiro atoms. The zero-order valence-corrected chi connectivity index (χ0v) is 10.6. The summed E-state index contributed by atoms with van der Waals surface area (Å²) in [7, 11) is 1.63. The van der Waals surface area contributed by atoms with Crippen molar-refractivity contribution >= 4 is 5.91 Å². The number of carbonyl (C=O) groups is 1. The second-order valence-electron chi connectivity index (χ2n) is 3.75. The van der Waals surface area contributed by atoms with Crippen LogP contribution in [0, 0.1) is 0 Å². The van der Waals surface area contributed by atoms with Gasteiger partial charge in [0.15, 0.2) is 0 Å². The van der Waals surface area contributed by atoms with Gasteiger partial charge in [0.25, 0.3) is 0 Å².